The van der Waals surface area contributed by atoms with Crippen molar-refractivity contribution in [2.24, 2.45) is 0 Å². The number of piperazine rings is 1. The highest BCUT2D eigenvalue weighted by molar-refractivity contribution is 5.91. The van der Waals surface area contributed by atoms with E-state index in [0.717, 1.165) is 6.07 Å². The molecule has 0 bridgehead atoms. The topological polar surface area (TPSA) is 135 Å². The molecule has 1 fully saturated rings. The number of ether oxygens (including phenoxy) is 1. The lowest BCUT2D eigenvalue weighted by molar-refractivity contribution is -0.384. The Bertz CT molecular complexity index is 1100. The predicted octanol–water partition coefficient (Wildman–Crippen LogP) is 2.53. The number of rotatable bonds is 7. The van der Waals surface area contributed by atoms with E-state index in [1.165, 1.54) is 29.1 Å². The van der Waals surface area contributed by atoms with Gasteiger partial charge in [0.2, 0.25) is 0 Å². The number of halogens is 3. The van der Waals surface area contributed by atoms with Gasteiger partial charge in [-0.1, -0.05) is 0 Å². The van der Waals surface area contributed by atoms with Crippen LogP contribution in [0.1, 0.15) is 23.0 Å². The van der Waals surface area contributed by atoms with E-state index in [1.807, 2.05) is 0 Å². The summed E-state index contributed by atoms with van der Waals surface area (Å²) in [4.78, 5) is 50.0. The van der Waals surface area contributed by atoms with Crippen LogP contribution in [0.5, 0.6) is 0 Å². The Balaban J connectivity index is 1.50. The van der Waals surface area contributed by atoms with Crippen LogP contribution in [0.15, 0.2) is 41.0 Å². The number of anilines is 1. The number of benzene rings is 1. The number of carbonyl (C=O) groups excluding carboxylic acids is 3. The van der Waals surface area contributed by atoms with Gasteiger partial charge in [-0.05, 0) is 31.2 Å². The maximum Gasteiger partial charge on any atom is 0.416 e. The Morgan fingerprint density at radius 1 is 1.17 bits per heavy atom. The summed E-state index contributed by atoms with van der Waals surface area (Å²) in [7, 11) is 0. The number of hydrogen-bond acceptors (Lipinski definition) is 8. The fraction of sp³-hybridized carbons (Fsp3) is 0.381. The minimum atomic E-state index is -4.77. The summed E-state index contributed by atoms with van der Waals surface area (Å²) >= 11 is 0. The van der Waals surface area contributed by atoms with E-state index in [1.54, 1.807) is 6.07 Å². The first-order valence-corrected chi connectivity index (χ1v) is 10.4. The van der Waals surface area contributed by atoms with Gasteiger partial charge in [0.05, 0.1) is 16.7 Å². The lowest BCUT2D eigenvalue weighted by Crippen LogP contribution is -2.51. The van der Waals surface area contributed by atoms with E-state index >= 15 is 0 Å². The molecular formula is C21H21F3N4O7. The summed E-state index contributed by atoms with van der Waals surface area (Å²) in [6.07, 6.45) is -3.39. The lowest BCUT2D eigenvalue weighted by atomic mass is 10.1. The van der Waals surface area contributed by atoms with Crippen molar-refractivity contribution in [1.82, 2.24) is 9.80 Å². The van der Waals surface area contributed by atoms with Crippen LogP contribution in [-0.4, -0.2) is 71.3 Å². The highest BCUT2D eigenvalue weighted by Crippen LogP contribution is 2.35. The standard InChI is InChI=1S/C21H21F3N4O7/c1-13(25-15-5-4-14(21(22,23)24)11-16(15)28(32)33)20(31)35-12-18(29)26-6-8-27(9-7-26)19(30)17-3-2-10-34-17/h2-5,10-11,13,25H,6-9,12H2,1H3/t13-/m1/s1. The number of hydrogen-bond donors (Lipinski definition) is 1. The third-order valence-corrected chi connectivity index (χ3v) is 5.24. The van der Waals surface area contributed by atoms with E-state index in [4.69, 9.17) is 9.15 Å². The van der Waals surface area contributed by atoms with Crippen molar-refractivity contribution in [3.63, 3.8) is 0 Å². The third kappa shape index (κ3) is 6.28. The van der Waals surface area contributed by atoms with Gasteiger partial charge in [-0.25, -0.2) is 4.79 Å². The molecule has 2 amide bonds. The van der Waals surface area contributed by atoms with Gasteiger partial charge >= 0.3 is 12.1 Å². The molecule has 188 valence electrons. The fourth-order valence-electron chi connectivity index (χ4n) is 3.34. The molecule has 2 aromatic rings. The van der Waals surface area contributed by atoms with Crippen LogP contribution in [0.4, 0.5) is 24.5 Å². The number of alkyl halides is 3. The Kier molecular flexibility index (Phi) is 7.62. The molecule has 14 heteroatoms. The molecule has 1 aromatic carbocycles. The van der Waals surface area contributed by atoms with Crippen LogP contribution in [0, 0.1) is 10.1 Å². The first-order valence-electron chi connectivity index (χ1n) is 10.4. The van der Waals surface area contributed by atoms with Crippen molar-refractivity contribution in [2.75, 3.05) is 38.1 Å². The zero-order valence-corrected chi connectivity index (χ0v) is 18.4. The first-order chi connectivity index (χ1) is 16.5. The van der Waals surface area contributed by atoms with Crippen molar-refractivity contribution in [3.05, 3.63) is 58.0 Å². The maximum atomic E-state index is 12.8. The van der Waals surface area contributed by atoms with E-state index < -0.39 is 46.9 Å². The molecule has 3 rings (SSSR count). The average molecular weight is 498 g/mol. The summed E-state index contributed by atoms with van der Waals surface area (Å²) < 4.78 is 48.5. The molecule has 35 heavy (non-hydrogen) atoms. The minimum absolute atomic E-state index is 0.188. The second kappa shape index (κ2) is 10.4. The fourth-order valence-corrected chi connectivity index (χ4v) is 3.34. The number of nitrogens with one attached hydrogen (secondary N) is 1. The molecule has 0 saturated carbocycles. The Morgan fingerprint density at radius 3 is 2.40 bits per heavy atom. The molecule has 0 aliphatic carbocycles. The number of nitro groups is 1. The number of nitro benzene ring substituents is 1. The van der Waals surface area contributed by atoms with Crippen LogP contribution in [0.3, 0.4) is 0 Å². The Hall–Kier alpha value is -4.10. The van der Waals surface area contributed by atoms with Crippen molar-refractivity contribution in [3.8, 4) is 0 Å². The van der Waals surface area contributed by atoms with Gasteiger partial charge in [0.1, 0.15) is 11.7 Å². The Morgan fingerprint density at radius 2 is 1.83 bits per heavy atom. The third-order valence-electron chi connectivity index (χ3n) is 5.24. The molecule has 1 aromatic heterocycles. The molecule has 11 nitrogen and oxygen atoms in total. The maximum absolute atomic E-state index is 12.8. The van der Waals surface area contributed by atoms with Gasteiger partial charge in [0.25, 0.3) is 17.5 Å². The van der Waals surface area contributed by atoms with E-state index in [9.17, 15) is 37.7 Å². The van der Waals surface area contributed by atoms with Crippen molar-refractivity contribution in [1.29, 1.82) is 0 Å². The van der Waals surface area contributed by atoms with E-state index in [2.05, 4.69) is 5.32 Å². The largest absolute Gasteiger partial charge is 0.459 e. The number of nitrogens with zero attached hydrogens (tertiary/aromatic N) is 3. The number of amides is 2. The highest BCUT2D eigenvalue weighted by atomic mass is 19.4. The van der Waals surface area contributed by atoms with Crippen molar-refractivity contribution in [2.45, 2.75) is 19.1 Å². The van der Waals surface area contributed by atoms with E-state index in [-0.39, 0.29) is 43.5 Å². The summed E-state index contributed by atoms with van der Waals surface area (Å²) in [5, 5.41) is 13.6. The van der Waals surface area contributed by atoms with Gasteiger partial charge < -0.3 is 24.3 Å². The minimum Gasteiger partial charge on any atom is -0.459 e. The molecule has 1 aliphatic heterocycles. The smallest absolute Gasteiger partial charge is 0.416 e. The van der Waals surface area contributed by atoms with Crippen molar-refractivity contribution < 1.29 is 41.6 Å². The Labute approximate surface area is 196 Å². The summed E-state index contributed by atoms with van der Waals surface area (Å²) in [6.45, 7) is 1.63. The molecular weight excluding hydrogens is 477 g/mol. The molecule has 1 N–H and O–H groups in total. The second-order valence-electron chi connectivity index (χ2n) is 7.61. The quantitative estimate of drug-likeness (QED) is 0.350. The molecule has 2 heterocycles. The lowest BCUT2D eigenvalue weighted by Gasteiger charge is -2.34. The molecule has 0 spiro atoms. The number of furan rings is 1. The summed E-state index contributed by atoms with van der Waals surface area (Å²) in [6, 6.07) is 3.79. The number of esters is 1. The van der Waals surface area contributed by atoms with Crippen LogP contribution >= 0.6 is 0 Å². The van der Waals surface area contributed by atoms with Crippen LogP contribution in [0.2, 0.25) is 0 Å². The zero-order valence-electron chi connectivity index (χ0n) is 18.4. The molecule has 1 atom stereocenters. The second-order valence-corrected chi connectivity index (χ2v) is 7.61. The van der Waals surface area contributed by atoms with Crippen LogP contribution in [0.25, 0.3) is 0 Å². The zero-order chi connectivity index (χ0) is 25.8. The van der Waals surface area contributed by atoms with E-state index in [0.29, 0.717) is 12.1 Å². The highest BCUT2D eigenvalue weighted by Gasteiger charge is 2.33. The average Bonchev–Trinajstić information content (AvgIpc) is 3.36. The normalized spacial score (nSPS) is 14.9. The molecule has 1 aliphatic rings. The molecule has 0 radical (unpaired) electrons. The summed E-state index contributed by atoms with van der Waals surface area (Å²) in [5.74, 6) is -1.55. The van der Waals surface area contributed by atoms with Crippen LogP contribution in [-0.2, 0) is 20.5 Å². The summed E-state index contributed by atoms with van der Waals surface area (Å²) in [5.41, 5.74) is -2.38. The molecule has 0 unspecified atom stereocenters. The van der Waals surface area contributed by atoms with Gasteiger partial charge in [-0.15, -0.1) is 0 Å². The SMILES string of the molecule is C[C@@H](Nc1ccc(C(F)(F)F)cc1[N+](=O)[O-])C(=O)OCC(=O)N1CCN(C(=O)c2ccco2)CC1. The van der Waals surface area contributed by atoms with Gasteiger partial charge in [-0.3, -0.25) is 19.7 Å². The first kappa shape index (κ1) is 25.5. The molecule has 1 saturated heterocycles. The van der Waals surface area contributed by atoms with Gasteiger partial charge in [0.15, 0.2) is 12.4 Å². The van der Waals surface area contributed by atoms with Gasteiger partial charge in [0, 0.05) is 32.2 Å². The van der Waals surface area contributed by atoms with Gasteiger partial charge in [-0.2, -0.15) is 13.2 Å². The monoisotopic (exact) mass is 498 g/mol. The van der Waals surface area contributed by atoms with Crippen LogP contribution < -0.4 is 5.32 Å². The van der Waals surface area contributed by atoms with Crippen molar-refractivity contribution >= 4 is 29.2 Å². The predicted molar refractivity (Wildman–Crippen MR) is 113 cm³/mol. The number of carbonyl (C=O) groups is 3.